The lowest BCUT2D eigenvalue weighted by Crippen LogP contribution is -2.42. The van der Waals surface area contributed by atoms with E-state index in [0.717, 1.165) is 11.3 Å². The monoisotopic (exact) mass is 424 g/mol. The number of amides is 1. The molecule has 0 aliphatic rings. The molecule has 0 aliphatic heterocycles. The number of nitrogens with one attached hydrogen (secondary N) is 1. The predicted molar refractivity (Wildman–Crippen MR) is 116 cm³/mol. The van der Waals surface area contributed by atoms with Crippen LogP contribution in [-0.2, 0) is 14.3 Å². The molecular weight excluding hydrogens is 400 g/mol. The molecule has 8 heteroatoms. The van der Waals surface area contributed by atoms with Crippen molar-refractivity contribution in [3.8, 4) is 17.1 Å². The van der Waals surface area contributed by atoms with Crippen LogP contribution in [0.4, 0.5) is 0 Å². The molecule has 2 aromatic carbocycles. The smallest absolute Gasteiger partial charge is 0.316 e. The van der Waals surface area contributed by atoms with Gasteiger partial charge in [0.1, 0.15) is 0 Å². The SMILES string of the molecule is CC(C)(C)NC(=O)COC(=O)CSc1nnc(-c2ccccc2)n1-c1ccccc1. The molecule has 3 rings (SSSR count). The van der Waals surface area contributed by atoms with E-state index in [0.29, 0.717) is 11.0 Å². The molecule has 7 nitrogen and oxygen atoms in total. The van der Waals surface area contributed by atoms with E-state index < -0.39 is 5.97 Å². The van der Waals surface area contributed by atoms with Crippen molar-refractivity contribution in [2.75, 3.05) is 12.4 Å². The highest BCUT2D eigenvalue weighted by molar-refractivity contribution is 7.99. The van der Waals surface area contributed by atoms with Gasteiger partial charge in [-0.1, -0.05) is 60.3 Å². The Morgan fingerprint density at radius 1 is 1.00 bits per heavy atom. The van der Waals surface area contributed by atoms with Gasteiger partial charge < -0.3 is 10.1 Å². The van der Waals surface area contributed by atoms with Crippen molar-refractivity contribution < 1.29 is 14.3 Å². The fourth-order valence-corrected chi connectivity index (χ4v) is 3.46. The van der Waals surface area contributed by atoms with Gasteiger partial charge in [-0.3, -0.25) is 14.2 Å². The topological polar surface area (TPSA) is 86.1 Å². The van der Waals surface area contributed by atoms with Crippen LogP contribution in [0.15, 0.2) is 65.8 Å². The summed E-state index contributed by atoms with van der Waals surface area (Å²) in [5.41, 5.74) is 1.43. The van der Waals surface area contributed by atoms with Crippen LogP contribution in [0.25, 0.3) is 17.1 Å². The second kappa shape index (κ2) is 9.58. The average Bonchev–Trinajstić information content (AvgIpc) is 3.15. The Kier molecular flexibility index (Phi) is 6.89. The Morgan fingerprint density at radius 2 is 1.63 bits per heavy atom. The number of carbonyl (C=O) groups is 2. The largest absolute Gasteiger partial charge is 0.455 e. The number of aromatic nitrogens is 3. The fourth-order valence-electron chi connectivity index (χ4n) is 2.71. The van der Waals surface area contributed by atoms with Gasteiger partial charge in [0.2, 0.25) is 0 Å². The minimum atomic E-state index is -0.493. The summed E-state index contributed by atoms with van der Waals surface area (Å²) in [4.78, 5) is 23.9. The van der Waals surface area contributed by atoms with Gasteiger partial charge in [0.15, 0.2) is 17.6 Å². The number of nitrogens with zero attached hydrogens (tertiary/aromatic N) is 3. The van der Waals surface area contributed by atoms with Gasteiger partial charge in [-0.25, -0.2) is 0 Å². The summed E-state index contributed by atoms with van der Waals surface area (Å²) < 4.78 is 6.98. The number of benzene rings is 2. The second-order valence-electron chi connectivity index (χ2n) is 7.59. The Labute approximate surface area is 179 Å². The molecule has 3 aromatic rings. The molecular formula is C22H24N4O3S. The first kappa shape index (κ1) is 21.6. The third kappa shape index (κ3) is 5.93. The number of hydrogen-bond donors (Lipinski definition) is 1. The highest BCUT2D eigenvalue weighted by Crippen LogP contribution is 2.27. The number of para-hydroxylation sites is 1. The standard InChI is InChI=1S/C22H24N4O3S/c1-22(2,3)23-18(27)14-29-19(28)15-30-21-25-24-20(16-10-6-4-7-11-16)26(21)17-12-8-5-9-13-17/h4-13H,14-15H2,1-3H3,(H,23,27). The molecule has 0 radical (unpaired) electrons. The van der Waals surface area contributed by atoms with Crippen LogP contribution in [0, 0.1) is 0 Å². The van der Waals surface area contributed by atoms with E-state index in [1.54, 1.807) is 0 Å². The summed E-state index contributed by atoms with van der Waals surface area (Å²) in [6.45, 7) is 5.28. The van der Waals surface area contributed by atoms with E-state index in [1.165, 1.54) is 11.8 Å². The van der Waals surface area contributed by atoms with E-state index in [2.05, 4.69) is 15.5 Å². The first-order valence-electron chi connectivity index (χ1n) is 9.49. The lowest BCUT2D eigenvalue weighted by atomic mass is 10.1. The van der Waals surface area contributed by atoms with Crippen LogP contribution >= 0.6 is 11.8 Å². The minimum absolute atomic E-state index is 0.0164. The van der Waals surface area contributed by atoms with Gasteiger partial charge in [0.05, 0.1) is 5.75 Å². The van der Waals surface area contributed by atoms with Gasteiger partial charge >= 0.3 is 5.97 Å². The molecule has 1 heterocycles. The van der Waals surface area contributed by atoms with Gasteiger partial charge in [-0.05, 0) is 32.9 Å². The van der Waals surface area contributed by atoms with Crippen LogP contribution in [0.5, 0.6) is 0 Å². The normalized spacial score (nSPS) is 11.2. The maximum atomic E-state index is 12.1. The van der Waals surface area contributed by atoms with E-state index in [9.17, 15) is 9.59 Å². The maximum Gasteiger partial charge on any atom is 0.316 e. The van der Waals surface area contributed by atoms with Crippen molar-refractivity contribution in [3.63, 3.8) is 0 Å². The molecule has 0 aliphatic carbocycles. The summed E-state index contributed by atoms with van der Waals surface area (Å²) in [7, 11) is 0. The zero-order chi connectivity index (χ0) is 21.6. The number of rotatable bonds is 7. The summed E-state index contributed by atoms with van der Waals surface area (Å²) in [6.07, 6.45) is 0. The third-order valence-corrected chi connectivity index (χ3v) is 4.78. The molecule has 156 valence electrons. The van der Waals surface area contributed by atoms with Gasteiger partial charge in [-0.15, -0.1) is 10.2 Å². The number of thioether (sulfide) groups is 1. The molecule has 1 amide bonds. The minimum Gasteiger partial charge on any atom is -0.455 e. The molecule has 1 aromatic heterocycles. The average molecular weight is 425 g/mol. The van der Waals surface area contributed by atoms with Crippen molar-refractivity contribution >= 4 is 23.6 Å². The van der Waals surface area contributed by atoms with Gasteiger partial charge in [0, 0.05) is 16.8 Å². The van der Waals surface area contributed by atoms with Gasteiger partial charge in [-0.2, -0.15) is 0 Å². The lowest BCUT2D eigenvalue weighted by Gasteiger charge is -2.20. The third-order valence-electron chi connectivity index (χ3n) is 3.88. The van der Waals surface area contributed by atoms with Crippen molar-refractivity contribution in [2.24, 2.45) is 0 Å². The molecule has 0 unspecified atom stereocenters. The molecule has 0 saturated carbocycles. The predicted octanol–water partition coefficient (Wildman–Crippen LogP) is 3.48. The molecule has 0 atom stereocenters. The molecule has 1 N–H and O–H groups in total. The van der Waals surface area contributed by atoms with E-state index in [4.69, 9.17) is 4.74 Å². The van der Waals surface area contributed by atoms with Crippen LogP contribution in [0.1, 0.15) is 20.8 Å². The molecule has 0 fully saturated rings. The zero-order valence-electron chi connectivity index (χ0n) is 17.2. The van der Waals surface area contributed by atoms with Crippen LogP contribution in [-0.4, -0.2) is 44.5 Å². The molecule has 0 spiro atoms. The molecule has 0 saturated heterocycles. The zero-order valence-corrected chi connectivity index (χ0v) is 18.0. The maximum absolute atomic E-state index is 12.1. The molecule has 0 bridgehead atoms. The van der Waals surface area contributed by atoms with Crippen LogP contribution in [0.2, 0.25) is 0 Å². The summed E-state index contributed by atoms with van der Waals surface area (Å²) in [6, 6.07) is 19.4. The summed E-state index contributed by atoms with van der Waals surface area (Å²) >= 11 is 1.21. The second-order valence-corrected chi connectivity index (χ2v) is 8.53. The van der Waals surface area contributed by atoms with Crippen molar-refractivity contribution in [3.05, 3.63) is 60.7 Å². The van der Waals surface area contributed by atoms with Crippen LogP contribution < -0.4 is 5.32 Å². The first-order chi connectivity index (χ1) is 14.3. The van der Waals surface area contributed by atoms with Crippen molar-refractivity contribution in [1.82, 2.24) is 20.1 Å². The summed E-state index contributed by atoms with van der Waals surface area (Å²) in [5, 5.41) is 11.9. The Morgan fingerprint density at radius 3 is 2.27 bits per heavy atom. The Hall–Kier alpha value is -3.13. The number of esters is 1. The highest BCUT2D eigenvalue weighted by Gasteiger charge is 2.19. The number of ether oxygens (including phenoxy) is 1. The van der Waals surface area contributed by atoms with Crippen LogP contribution in [0.3, 0.4) is 0 Å². The Bertz CT molecular complexity index is 998. The van der Waals surface area contributed by atoms with Crippen molar-refractivity contribution in [1.29, 1.82) is 0 Å². The van der Waals surface area contributed by atoms with Gasteiger partial charge in [0.25, 0.3) is 5.91 Å². The molecule has 30 heavy (non-hydrogen) atoms. The van der Waals surface area contributed by atoms with E-state index in [-0.39, 0.29) is 23.8 Å². The number of hydrogen-bond acceptors (Lipinski definition) is 6. The highest BCUT2D eigenvalue weighted by atomic mass is 32.2. The quantitative estimate of drug-likeness (QED) is 0.462. The van der Waals surface area contributed by atoms with Crippen molar-refractivity contribution in [2.45, 2.75) is 31.5 Å². The van der Waals surface area contributed by atoms with E-state index in [1.807, 2.05) is 86.0 Å². The number of carbonyl (C=O) groups excluding carboxylic acids is 2. The Balaban J connectivity index is 1.71. The first-order valence-corrected chi connectivity index (χ1v) is 10.5. The lowest BCUT2D eigenvalue weighted by molar-refractivity contribution is -0.146. The van der Waals surface area contributed by atoms with E-state index >= 15 is 0 Å². The fraction of sp³-hybridized carbons (Fsp3) is 0.273. The summed E-state index contributed by atoms with van der Waals surface area (Å²) in [5.74, 6) is -0.127.